The molecular formula is C76H138O6. The summed E-state index contributed by atoms with van der Waals surface area (Å²) in [5, 5.41) is 0. The highest BCUT2D eigenvalue weighted by Gasteiger charge is 2.19. The number of allylic oxidation sites excluding steroid dienone is 10. The van der Waals surface area contributed by atoms with Crippen LogP contribution >= 0.6 is 0 Å². The normalized spacial score (nSPS) is 12.4. The summed E-state index contributed by atoms with van der Waals surface area (Å²) in [5.74, 6) is -0.888. The van der Waals surface area contributed by atoms with Gasteiger partial charge < -0.3 is 14.2 Å². The molecule has 82 heavy (non-hydrogen) atoms. The van der Waals surface area contributed by atoms with Crippen LogP contribution in [-0.2, 0) is 28.6 Å². The Morgan fingerprint density at radius 2 is 0.439 bits per heavy atom. The van der Waals surface area contributed by atoms with E-state index in [1.54, 1.807) is 0 Å². The molecule has 0 radical (unpaired) electrons. The van der Waals surface area contributed by atoms with E-state index in [-0.39, 0.29) is 31.1 Å². The molecule has 6 heteroatoms. The molecular weight excluding hydrogens is 1010 g/mol. The van der Waals surface area contributed by atoms with Gasteiger partial charge in [-0.25, -0.2) is 0 Å². The molecule has 0 aliphatic rings. The first-order valence-electron chi connectivity index (χ1n) is 36.3. The van der Waals surface area contributed by atoms with Crippen molar-refractivity contribution in [2.24, 2.45) is 0 Å². The molecule has 0 aliphatic heterocycles. The summed E-state index contributed by atoms with van der Waals surface area (Å²) in [6, 6.07) is 0. The first kappa shape index (κ1) is 79.1. The molecule has 0 spiro atoms. The minimum Gasteiger partial charge on any atom is -0.462 e. The summed E-state index contributed by atoms with van der Waals surface area (Å²) >= 11 is 0. The summed E-state index contributed by atoms with van der Waals surface area (Å²) < 4.78 is 17.0. The Bertz CT molecular complexity index is 1460. The smallest absolute Gasteiger partial charge is 0.306 e. The fourth-order valence-corrected chi connectivity index (χ4v) is 10.7. The average molecular weight is 1150 g/mol. The van der Waals surface area contributed by atoms with E-state index in [0.717, 1.165) is 103 Å². The van der Waals surface area contributed by atoms with Gasteiger partial charge in [-0.3, -0.25) is 14.4 Å². The Hall–Kier alpha value is -2.89. The molecule has 0 bridgehead atoms. The van der Waals surface area contributed by atoms with Crippen LogP contribution in [0.15, 0.2) is 60.8 Å². The third kappa shape index (κ3) is 67.9. The van der Waals surface area contributed by atoms with E-state index in [9.17, 15) is 14.4 Å². The summed E-state index contributed by atoms with van der Waals surface area (Å²) in [5.41, 5.74) is 0. The second-order valence-electron chi connectivity index (χ2n) is 24.5. The van der Waals surface area contributed by atoms with Crippen LogP contribution in [0, 0.1) is 0 Å². The van der Waals surface area contributed by atoms with E-state index < -0.39 is 6.10 Å². The van der Waals surface area contributed by atoms with Gasteiger partial charge in [0.2, 0.25) is 0 Å². The Balaban J connectivity index is 4.15. The first-order valence-corrected chi connectivity index (χ1v) is 36.3. The van der Waals surface area contributed by atoms with Gasteiger partial charge in [-0.2, -0.15) is 0 Å². The Labute approximate surface area is 510 Å². The van der Waals surface area contributed by atoms with Crippen LogP contribution in [0.5, 0.6) is 0 Å². The lowest BCUT2D eigenvalue weighted by Gasteiger charge is -2.18. The van der Waals surface area contributed by atoms with Gasteiger partial charge in [-0.05, 0) is 109 Å². The van der Waals surface area contributed by atoms with Crippen molar-refractivity contribution in [2.75, 3.05) is 13.2 Å². The monoisotopic (exact) mass is 1150 g/mol. The maximum atomic E-state index is 12.9. The van der Waals surface area contributed by atoms with Gasteiger partial charge >= 0.3 is 17.9 Å². The molecule has 6 nitrogen and oxygen atoms in total. The molecule has 0 N–H and O–H groups in total. The fraction of sp³-hybridized carbons (Fsp3) is 0.829. The summed E-state index contributed by atoms with van der Waals surface area (Å²) in [6.07, 6.45) is 91.3. The van der Waals surface area contributed by atoms with E-state index in [1.165, 1.54) is 244 Å². The topological polar surface area (TPSA) is 78.9 Å². The maximum absolute atomic E-state index is 12.9. The maximum Gasteiger partial charge on any atom is 0.306 e. The van der Waals surface area contributed by atoms with Gasteiger partial charge in [0.15, 0.2) is 6.10 Å². The molecule has 0 saturated heterocycles. The molecule has 0 heterocycles. The third-order valence-electron chi connectivity index (χ3n) is 16.2. The first-order chi connectivity index (χ1) is 40.5. The number of rotatable bonds is 67. The van der Waals surface area contributed by atoms with Crippen LogP contribution in [0.3, 0.4) is 0 Å². The quantitative estimate of drug-likeness (QED) is 0.0261. The summed E-state index contributed by atoms with van der Waals surface area (Å²) in [4.78, 5) is 38.4. The number of carbonyl (C=O) groups excluding carboxylic acids is 3. The number of ether oxygens (including phenoxy) is 3. The van der Waals surface area contributed by atoms with E-state index >= 15 is 0 Å². The minimum absolute atomic E-state index is 0.0812. The predicted octanol–water partition coefficient (Wildman–Crippen LogP) is 25.1. The lowest BCUT2D eigenvalue weighted by atomic mass is 10.0. The van der Waals surface area contributed by atoms with Gasteiger partial charge in [0.05, 0.1) is 0 Å². The van der Waals surface area contributed by atoms with E-state index in [4.69, 9.17) is 14.2 Å². The SMILES string of the molecule is CCCCC/C=C\C/C=C\CCCCCCCC(=O)OCC(COC(=O)CCCCCCCCCCCCCCCCCCCCCCC/C=C\CCCCCCCCCC)OC(=O)CCCCCCC/C=C\C/C=C\CCCCCC. The second-order valence-corrected chi connectivity index (χ2v) is 24.5. The number of unbranched alkanes of at least 4 members (excludes halogenated alkanes) is 46. The summed E-state index contributed by atoms with van der Waals surface area (Å²) in [7, 11) is 0. The molecule has 1 atom stereocenters. The van der Waals surface area contributed by atoms with Gasteiger partial charge in [0.25, 0.3) is 0 Å². The molecule has 0 rings (SSSR count). The molecule has 0 aromatic heterocycles. The lowest BCUT2D eigenvalue weighted by molar-refractivity contribution is -0.167. The van der Waals surface area contributed by atoms with E-state index in [0.29, 0.717) is 19.3 Å². The zero-order valence-electron chi connectivity index (χ0n) is 55.0. The summed E-state index contributed by atoms with van der Waals surface area (Å²) in [6.45, 7) is 6.63. The van der Waals surface area contributed by atoms with Crippen molar-refractivity contribution >= 4 is 17.9 Å². The standard InChI is InChI=1S/C76H138O6/c1-4-7-10-13-16-19-22-25-28-30-31-32-33-34-35-36-37-38-39-40-41-42-43-44-45-46-49-51-54-57-60-63-66-69-75(78)81-72-73(71-80-74(77)68-65-62-59-56-53-50-47-27-24-21-18-15-12-9-6-3)82-76(79)70-67-64-61-58-55-52-48-29-26-23-20-17-14-11-8-5-2/h18,20-21,23,27,29-31,47-48,73H,4-17,19,22,24-26,28,32-46,49-72H2,1-3H3/b21-18-,23-20-,31-30-,47-27-,48-29-. The van der Waals surface area contributed by atoms with Crippen molar-refractivity contribution in [1.29, 1.82) is 0 Å². The lowest BCUT2D eigenvalue weighted by Crippen LogP contribution is -2.30. The molecule has 0 amide bonds. The second kappa shape index (κ2) is 70.6. The van der Waals surface area contributed by atoms with Crippen LogP contribution < -0.4 is 0 Å². The highest BCUT2D eigenvalue weighted by atomic mass is 16.6. The van der Waals surface area contributed by atoms with Crippen LogP contribution in [0.2, 0.25) is 0 Å². The molecule has 0 saturated carbocycles. The number of carbonyl (C=O) groups is 3. The Kier molecular flexibility index (Phi) is 68.1. The van der Waals surface area contributed by atoms with E-state index in [2.05, 4.69) is 81.5 Å². The van der Waals surface area contributed by atoms with Crippen LogP contribution in [-0.4, -0.2) is 37.2 Å². The zero-order valence-corrected chi connectivity index (χ0v) is 55.0. The van der Waals surface area contributed by atoms with E-state index in [1.807, 2.05) is 0 Å². The van der Waals surface area contributed by atoms with Crippen molar-refractivity contribution in [1.82, 2.24) is 0 Å². The van der Waals surface area contributed by atoms with Crippen LogP contribution in [0.4, 0.5) is 0 Å². The van der Waals surface area contributed by atoms with Crippen LogP contribution in [0.1, 0.15) is 387 Å². The Morgan fingerprint density at radius 3 is 0.720 bits per heavy atom. The van der Waals surface area contributed by atoms with Crippen molar-refractivity contribution in [3.63, 3.8) is 0 Å². The largest absolute Gasteiger partial charge is 0.462 e. The van der Waals surface area contributed by atoms with Crippen molar-refractivity contribution in [2.45, 2.75) is 393 Å². The minimum atomic E-state index is -0.788. The molecule has 0 aliphatic carbocycles. The Morgan fingerprint density at radius 1 is 0.244 bits per heavy atom. The van der Waals surface area contributed by atoms with Gasteiger partial charge in [0, 0.05) is 19.3 Å². The number of hydrogen-bond acceptors (Lipinski definition) is 6. The van der Waals surface area contributed by atoms with Gasteiger partial charge in [0.1, 0.15) is 13.2 Å². The fourth-order valence-electron chi connectivity index (χ4n) is 10.7. The zero-order chi connectivity index (χ0) is 59.2. The highest BCUT2D eigenvalue weighted by molar-refractivity contribution is 5.71. The van der Waals surface area contributed by atoms with Gasteiger partial charge in [-0.1, -0.05) is 319 Å². The molecule has 0 fully saturated rings. The molecule has 0 aromatic rings. The van der Waals surface area contributed by atoms with Crippen LogP contribution in [0.25, 0.3) is 0 Å². The molecule has 1 unspecified atom stereocenters. The van der Waals surface area contributed by atoms with Crippen molar-refractivity contribution in [3.8, 4) is 0 Å². The molecule has 0 aromatic carbocycles. The number of esters is 3. The number of hydrogen-bond donors (Lipinski definition) is 0. The highest BCUT2D eigenvalue weighted by Crippen LogP contribution is 2.18. The van der Waals surface area contributed by atoms with Gasteiger partial charge in [-0.15, -0.1) is 0 Å². The van der Waals surface area contributed by atoms with Crippen molar-refractivity contribution in [3.05, 3.63) is 60.8 Å². The average Bonchev–Trinajstić information content (AvgIpc) is 3.47. The predicted molar refractivity (Wildman–Crippen MR) is 358 cm³/mol. The van der Waals surface area contributed by atoms with Crippen molar-refractivity contribution < 1.29 is 28.6 Å². The molecule has 478 valence electrons. The third-order valence-corrected chi connectivity index (χ3v) is 16.2.